The molecule has 0 aromatic carbocycles. The molecule has 0 spiro atoms. The lowest BCUT2D eigenvalue weighted by Gasteiger charge is -2.24. The topological polar surface area (TPSA) is 305 Å². The summed E-state index contributed by atoms with van der Waals surface area (Å²) in [5.41, 5.74) is -2.22. The minimum atomic E-state index is -5.20. The molecule has 0 aromatic rings. The number of hydrogen-bond donors (Lipinski definition) is 10. The summed E-state index contributed by atoms with van der Waals surface area (Å²) >= 11 is 0. The third kappa shape index (κ3) is 9.34. The van der Waals surface area contributed by atoms with E-state index in [4.69, 9.17) is 49.8 Å². The van der Waals surface area contributed by atoms with E-state index >= 15 is 0 Å². The summed E-state index contributed by atoms with van der Waals surface area (Å²) in [6.45, 7) is 0.383. The van der Waals surface area contributed by atoms with Crippen LogP contribution in [0.25, 0.3) is 0 Å². The van der Waals surface area contributed by atoms with E-state index in [0.717, 1.165) is 0 Å². The fourth-order valence-electron chi connectivity index (χ4n) is 1.30. The standard InChI is InChI=1S/C7H11O9P.C2H8O7P2/c8-5(9)2-3(6(10)11)1-4(7(12)13)17(14,15)16;1-2(3,10(4,5)6)11(7,8)9/h3-4H,1-2H2,(H,8,9)(H,10,11)(H,12,13)(H2,14,15,16);3H,1H3,(H2,4,5,6)(H2,7,8,9). The Hall–Kier alpha value is -1.18. The molecule has 19 heteroatoms. The van der Waals surface area contributed by atoms with Gasteiger partial charge in [-0.3, -0.25) is 28.1 Å². The molecule has 0 heterocycles. The molecule has 28 heavy (non-hydrogen) atoms. The van der Waals surface area contributed by atoms with Crippen molar-refractivity contribution in [3.8, 4) is 0 Å². The molecular formula is C9H19O16P3. The van der Waals surface area contributed by atoms with E-state index in [0.29, 0.717) is 6.92 Å². The van der Waals surface area contributed by atoms with Crippen LogP contribution in [0.15, 0.2) is 0 Å². The Labute approximate surface area is 155 Å². The molecule has 0 saturated carbocycles. The van der Waals surface area contributed by atoms with Gasteiger partial charge in [-0.2, -0.15) is 0 Å². The second-order valence-corrected chi connectivity index (χ2v) is 11.4. The van der Waals surface area contributed by atoms with Crippen LogP contribution < -0.4 is 0 Å². The summed E-state index contributed by atoms with van der Waals surface area (Å²) < 4.78 is 31.3. The third-order valence-corrected chi connectivity index (χ3v) is 8.09. The predicted octanol–water partition coefficient (Wildman–Crippen LogP) is -1.81. The van der Waals surface area contributed by atoms with Gasteiger partial charge in [0.05, 0.1) is 12.3 Å². The first-order chi connectivity index (χ1) is 12.1. The van der Waals surface area contributed by atoms with Crippen LogP contribution in [0.1, 0.15) is 19.8 Å². The highest BCUT2D eigenvalue weighted by molar-refractivity contribution is 7.71. The highest BCUT2D eigenvalue weighted by atomic mass is 31.2. The van der Waals surface area contributed by atoms with Gasteiger partial charge < -0.3 is 49.8 Å². The largest absolute Gasteiger partial charge is 0.481 e. The summed E-state index contributed by atoms with van der Waals surface area (Å²) in [6.07, 6.45) is -1.85. The Balaban J connectivity index is 0. The van der Waals surface area contributed by atoms with E-state index in [1.54, 1.807) is 0 Å². The van der Waals surface area contributed by atoms with Gasteiger partial charge in [-0.15, -0.1) is 0 Å². The van der Waals surface area contributed by atoms with Gasteiger partial charge in [0.1, 0.15) is 0 Å². The van der Waals surface area contributed by atoms with Crippen molar-refractivity contribution in [2.24, 2.45) is 5.92 Å². The number of carbonyl (C=O) groups is 3. The first-order valence-electron chi connectivity index (χ1n) is 6.62. The Kier molecular flexibility index (Phi) is 10.4. The number of aliphatic carboxylic acids is 3. The first-order valence-corrected chi connectivity index (χ1v) is 11.5. The monoisotopic (exact) mass is 476 g/mol. The third-order valence-electron chi connectivity index (χ3n) is 3.07. The SMILES string of the molecule is CC(O)(P(=O)(O)O)P(=O)(O)O.O=C(O)CC(CC(C(=O)O)P(=O)(O)O)C(=O)O. The van der Waals surface area contributed by atoms with Crippen LogP contribution in [-0.2, 0) is 28.1 Å². The minimum Gasteiger partial charge on any atom is -0.481 e. The van der Waals surface area contributed by atoms with Crippen LogP contribution in [0.4, 0.5) is 0 Å². The lowest BCUT2D eigenvalue weighted by molar-refractivity contribution is -0.149. The van der Waals surface area contributed by atoms with Crippen LogP contribution in [0.2, 0.25) is 0 Å². The average molecular weight is 476 g/mol. The minimum absolute atomic E-state index is 0.383. The Bertz CT molecular complexity index is 700. The fraction of sp³-hybridized carbons (Fsp3) is 0.667. The zero-order chi connectivity index (χ0) is 23.3. The van der Waals surface area contributed by atoms with Crippen molar-refractivity contribution >= 4 is 40.7 Å². The Morgan fingerprint density at radius 1 is 0.821 bits per heavy atom. The van der Waals surface area contributed by atoms with Gasteiger partial charge in [0, 0.05) is 0 Å². The highest BCUT2D eigenvalue weighted by Crippen LogP contribution is 2.66. The molecule has 0 radical (unpaired) electrons. The molecule has 2 atom stereocenters. The van der Waals surface area contributed by atoms with Crippen molar-refractivity contribution in [1.82, 2.24) is 0 Å². The van der Waals surface area contributed by atoms with Crippen molar-refractivity contribution in [3.05, 3.63) is 0 Å². The lowest BCUT2D eigenvalue weighted by atomic mass is 9.99. The van der Waals surface area contributed by atoms with Gasteiger partial charge in [-0.05, 0) is 13.3 Å². The maximum absolute atomic E-state index is 10.8. The molecule has 0 amide bonds. The molecule has 0 bridgehead atoms. The van der Waals surface area contributed by atoms with Crippen LogP contribution in [0, 0.1) is 5.92 Å². The molecule has 0 aliphatic rings. The van der Waals surface area contributed by atoms with Crippen LogP contribution in [-0.4, -0.2) is 78.4 Å². The van der Waals surface area contributed by atoms with Gasteiger partial charge >= 0.3 is 40.7 Å². The van der Waals surface area contributed by atoms with Crippen molar-refractivity contribution < 1.29 is 77.9 Å². The maximum atomic E-state index is 10.8. The number of rotatable bonds is 9. The van der Waals surface area contributed by atoms with E-state index in [9.17, 15) is 28.1 Å². The molecule has 0 aliphatic carbocycles. The molecular weight excluding hydrogens is 457 g/mol. The fourth-order valence-corrected chi connectivity index (χ4v) is 3.48. The number of carboxylic acids is 3. The van der Waals surface area contributed by atoms with Crippen LogP contribution in [0.5, 0.6) is 0 Å². The van der Waals surface area contributed by atoms with E-state index < -0.39 is 70.2 Å². The second-order valence-electron chi connectivity index (χ2n) is 5.37. The zero-order valence-corrected chi connectivity index (χ0v) is 16.5. The van der Waals surface area contributed by atoms with Crippen LogP contribution in [0.3, 0.4) is 0 Å². The summed E-state index contributed by atoms with van der Waals surface area (Å²) in [5, 5.41) is 30.9. The molecule has 0 saturated heterocycles. The lowest BCUT2D eigenvalue weighted by Crippen LogP contribution is -2.28. The molecule has 166 valence electrons. The van der Waals surface area contributed by atoms with Crippen molar-refractivity contribution in [2.45, 2.75) is 30.5 Å². The van der Waals surface area contributed by atoms with Crippen molar-refractivity contribution in [2.75, 3.05) is 0 Å². The highest BCUT2D eigenvalue weighted by Gasteiger charge is 2.55. The summed E-state index contributed by atoms with van der Waals surface area (Å²) in [6, 6.07) is 0. The van der Waals surface area contributed by atoms with Crippen LogP contribution >= 0.6 is 22.8 Å². The van der Waals surface area contributed by atoms with E-state index in [2.05, 4.69) is 0 Å². The summed E-state index contributed by atoms with van der Waals surface area (Å²) in [5.74, 6) is -6.64. The Morgan fingerprint density at radius 3 is 1.32 bits per heavy atom. The summed E-state index contributed by atoms with van der Waals surface area (Å²) in [7, 11) is -15.4. The quantitative estimate of drug-likeness (QED) is 0.164. The number of carboxylic acid groups (broad SMARTS) is 3. The molecule has 0 fully saturated rings. The van der Waals surface area contributed by atoms with Gasteiger partial charge in [0.2, 0.25) is 0 Å². The van der Waals surface area contributed by atoms with Gasteiger partial charge in [-0.1, -0.05) is 0 Å². The van der Waals surface area contributed by atoms with Gasteiger partial charge in [0.25, 0.3) is 5.08 Å². The number of hydrogen-bond acceptors (Lipinski definition) is 7. The van der Waals surface area contributed by atoms with Crippen molar-refractivity contribution in [1.29, 1.82) is 0 Å². The molecule has 0 rings (SSSR count). The van der Waals surface area contributed by atoms with E-state index in [1.165, 1.54) is 0 Å². The predicted molar refractivity (Wildman–Crippen MR) is 86.2 cm³/mol. The van der Waals surface area contributed by atoms with Gasteiger partial charge in [-0.25, -0.2) is 0 Å². The molecule has 2 unspecified atom stereocenters. The Morgan fingerprint density at radius 2 is 1.18 bits per heavy atom. The molecule has 0 aliphatic heterocycles. The molecule has 0 aromatic heterocycles. The number of aliphatic hydroxyl groups is 1. The maximum Gasteiger partial charge on any atom is 0.369 e. The molecule has 16 nitrogen and oxygen atoms in total. The zero-order valence-electron chi connectivity index (χ0n) is 13.8. The smallest absolute Gasteiger partial charge is 0.369 e. The molecule has 10 N–H and O–H groups in total. The first kappa shape index (κ1) is 29.0. The van der Waals surface area contributed by atoms with E-state index in [-0.39, 0.29) is 0 Å². The average Bonchev–Trinajstić information content (AvgIpc) is 2.38. The second kappa shape index (κ2) is 10.0. The van der Waals surface area contributed by atoms with Crippen molar-refractivity contribution in [3.63, 3.8) is 0 Å². The normalized spacial score (nSPS) is 15.0. The van der Waals surface area contributed by atoms with E-state index in [1.807, 2.05) is 0 Å². The summed E-state index contributed by atoms with van der Waals surface area (Å²) in [4.78, 5) is 81.9. The van der Waals surface area contributed by atoms with Gasteiger partial charge in [0.15, 0.2) is 5.66 Å².